The molecule has 0 spiro atoms. The molecule has 0 atom stereocenters. The molecule has 0 saturated carbocycles. The number of ether oxygens (including phenoxy) is 2. The molecule has 0 fully saturated rings. The van der Waals surface area contributed by atoms with Crippen molar-refractivity contribution in [2.24, 2.45) is 0 Å². The number of anilines is 1. The van der Waals surface area contributed by atoms with Gasteiger partial charge in [0.2, 0.25) is 0 Å². The molecule has 0 aliphatic carbocycles. The van der Waals surface area contributed by atoms with Gasteiger partial charge in [-0.25, -0.2) is 0 Å². The number of hydrogen-bond acceptors (Lipinski definition) is 4. The fraction of sp³-hybridized carbons (Fsp3) is 0.263. The van der Waals surface area contributed by atoms with Crippen LogP contribution in [0.3, 0.4) is 0 Å². The van der Waals surface area contributed by atoms with Gasteiger partial charge in [0.1, 0.15) is 5.75 Å². The summed E-state index contributed by atoms with van der Waals surface area (Å²) in [5.74, 6) is 0.428. The minimum atomic E-state index is -0.160. The van der Waals surface area contributed by atoms with E-state index in [1.165, 1.54) is 0 Å². The molecule has 1 N–H and O–H groups in total. The van der Waals surface area contributed by atoms with Crippen molar-refractivity contribution in [2.75, 3.05) is 31.8 Å². The first kappa shape index (κ1) is 17.0. The van der Waals surface area contributed by atoms with Crippen molar-refractivity contribution in [2.45, 2.75) is 6.54 Å². The Labute approximate surface area is 146 Å². The van der Waals surface area contributed by atoms with Crippen LogP contribution in [0.2, 0.25) is 0 Å². The molecule has 2 aromatic carbocycles. The van der Waals surface area contributed by atoms with E-state index in [0.29, 0.717) is 31.0 Å². The molecule has 6 nitrogen and oxygen atoms in total. The van der Waals surface area contributed by atoms with Crippen LogP contribution in [0.1, 0.15) is 15.9 Å². The van der Waals surface area contributed by atoms with E-state index in [4.69, 9.17) is 9.47 Å². The summed E-state index contributed by atoms with van der Waals surface area (Å²) in [6.07, 6.45) is 0. The van der Waals surface area contributed by atoms with Crippen LogP contribution < -0.4 is 15.0 Å². The first-order valence-corrected chi connectivity index (χ1v) is 8.07. The Hall–Kier alpha value is -2.86. The van der Waals surface area contributed by atoms with Crippen molar-refractivity contribution in [3.05, 3.63) is 59.7 Å². The maximum Gasteiger partial charge on any atom is 0.265 e. The first-order chi connectivity index (χ1) is 12.2. The van der Waals surface area contributed by atoms with Crippen molar-refractivity contribution in [1.29, 1.82) is 0 Å². The smallest absolute Gasteiger partial charge is 0.265 e. The highest BCUT2D eigenvalue weighted by molar-refractivity contribution is 5.98. The predicted molar refractivity (Wildman–Crippen MR) is 93.8 cm³/mol. The number of hydrogen-bond donors (Lipinski definition) is 1. The molecule has 1 aliphatic rings. The molecule has 1 heterocycles. The van der Waals surface area contributed by atoms with Gasteiger partial charge < -0.3 is 19.7 Å². The molecule has 6 heteroatoms. The number of amides is 2. The zero-order valence-electron chi connectivity index (χ0n) is 14.0. The SMILES string of the molecule is COCCNC(=O)c1cccc(CN2C(=O)COc3ccccc32)c1. The van der Waals surface area contributed by atoms with Crippen LogP contribution in [0.15, 0.2) is 48.5 Å². The van der Waals surface area contributed by atoms with Crippen molar-refractivity contribution >= 4 is 17.5 Å². The van der Waals surface area contributed by atoms with Gasteiger partial charge in [-0.1, -0.05) is 24.3 Å². The van der Waals surface area contributed by atoms with Gasteiger partial charge in [0.25, 0.3) is 11.8 Å². The van der Waals surface area contributed by atoms with Gasteiger partial charge in [-0.15, -0.1) is 0 Å². The molecule has 3 rings (SSSR count). The molecule has 2 amide bonds. The third-order valence-corrected chi connectivity index (χ3v) is 3.93. The normalized spacial score (nSPS) is 13.2. The summed E-state index contributed by atoms with van der Waals surface area (Å²) in [5, 5.41) is 2.79. The number of carbonyl (C=O) groups is 2. The van der Waals surface area contributed by atoms with Crippen molar-refractivity contribution < 1.29 is 19.1 Å². The lowest BCUT2D eigenvalue weighted by Gasteiger charge is -2.29. The summed E-state index contributed by atoms with van der Waals surface area (Å²) in [4.78, 5) is 26.1. The number of fused-ring (bicyclic) bond motifs is 1. The maximum atomic E-state index is 12.3. The lowest BCUT2D eigenvalue weighted by Crippen LogP contribution is -2.38. The van der Waals surface area contributed by atoms with Crippen LogP contribution >= 0.6 is 0 Å². The molecule has 1 aliphatic heterocycles. The third kappa shape index (κ3) is 3.97. The Morgan fingerprint density at radius 2 is 2.08 bits per heavy atom. The Balaban J connectivity index is 1.76. The van der Waals surface area contributed by atoms with E-state index < -0.39 is 0 Å². The van der Waals surface area contributed by atoms with Gasteiger partial charge in [0.15, 0.2) is 6.61 Å². The average molecular weight is 340 g/mol. The van der Waals surface area contributed by atoms with Gasteiger partial charge in [0.05, 0.1) is 18.8 Å². The predicted octanol–water partition coefficient (Wildman–Crippen LogP) is 1.99. The summed E-state index contributed by atoms with van der Waals surface area (Å²) in [7, 11) is 1.59. The summed E-state index contributed by atoms with van der Waals surface area (Å²) in [6, 6.07) is 14.7. The summed E-state index contributed by atoms with van der Waals surface area (Å²) in [5.41, 5.74) is 2.18. The molecule has 0 aromatic heterocycles. The van der Waals surface area contributed by atoms with Gasteiger partial charge in [-0.3, -0.25) is 9.59 Å². The number of methoxy groups -OCH3 is 1. The summed E-state index contributed by atoms with van der Waals surface area (Å²) >= 11 is 0. The third-order valence-electron chi connectivity index (χ3n) is 3.93. The zero-order valence-corrected chi connectivity index (χ0v) is 14.0. The Kier molecular flexibility index (Phi) is 5.30. The van der Waals surface area contributed by atoms with Crippen LogP contribution in [-0.4, -0.2) is 38.7 Å². The largest absolute Gasteiger partial charge is 0.482 e. The lowest BCUT2D eigenvalue weighted by molar-refractivity contribution is -0.121. The number of nitrogens with one attached hydrogen (secondary N) is 1. The molecular weight excluding hydrogens is 320 g/mol. The molecule has 0 unspecified atom stereocenters. The van der Waals surface area contributed by atoms with Crippen LogP contribution in [0.25, 0.3) is 0 Å². The Bertz CT molecular complexity index is 776. The number of rotatable bonds is 6. The van der Waals surface area contributed by atoms with Crippen LogP contribution in [0, 0.1) is 0 Å². The van der Waals surface area contributed by atoms with E-state index in [9.17, 15) is 9.59 Å². The maximum absolute atomic E-state index is 12.3. The van der Waals surface area contributed by atoms with Crippen LogP contribution in [0.4, 0.5) is 5.69 Å². The van der Waals surface area contributed by atoms with E-state index >= 15 is 0 Å². The number of benzene rings is 2. The fourth-order valence-electron chi connectivity index (χ4n) is 2.69. The van der Waals surface area contributed by atoms with E-state index in [1.807, 2.05) is 36.4 Å². The number of nitrogens with zero attached hydrogens (tertiary/aromatic N) is 1. The van der Waals surface area contributed by atoms with Crippen molar-refractivity contribution in [3.8, 4) is 5.75 Å². The Morgan fingerprint density at radius 1 is 1.24 bits per heavy atom. The van der Waals surface area contributed by atoms with Crippen LogP contribution in [-0.2, 0) is 16.1 Å². The van der Waals surface area contributed by atoms with E-state index in [2.05, 4.69) is 5.32 Å². The quantitative estimate of drug-likeness (QED) is 0.817. The molecule has 130 valence electrons. The van der Waals surface area contributed by atoms with Gasteiger partial charge in [-0.2, -0.15) is 0 Å². The van der Waals surface area contributed by atoms with Crippen LogP contribution in [0.5, 0.6) is 5.75 Å². The zero-order chi connectivity index (χ0) is 17.6. The van der Waals surface area contributed by atoms with Crippen molar-refractivity contribution in [1.82, 2.24) is 5.32 Å². The summed E-state index contributed by atoms with van der Waals surface area (Å²) in [6.45, 7) is 1.33. The number of carbonyl (C=O) groups excluding carboxylic acids is 2. The second-order valence-electron chi connectivity index (χ2n) is 5.69. The highest BCUT2D eigenvalue weighted by Crippen LogP contribution is 2.32. The standard InChI is InChI=1S/C19H20N2O4/c1-24-10-9-20-19(23)15-6-4-5-14(11-15)12-21-16-7-2-3-8-17(16)25-13-18(21)22/h2-8,11H,9-10,12-13H2,1H3,(H,20,23). The monoisotopic (exact) mass is 340 g/mol. The van der Waals surface area contributed by atoms with E-state index in [-0.39, 0.29) is 18.4 Å². The van der Waals surface area contributed by atoms with Gasteiger partial charge in [0, 0.05) is 19.2 Å². The second kappa shape index (κ2) is 7.81. The van der Waals surface area contributed by atoms with Gasteiger partial charge >= 0.3 is 0 Å². The minimum absolute atomic E-state index is 0.0220. The van der Waals surface area contributed by atoms with E-state index in [0.717, 1.165) is 11.3 Å². The molecular formula is C19H20N2O4. The highest BCUT2D eigenvalue weighted by atomic mass is 16.5. The van der Waals surface area contributed by atoms with Gasteiger partial charge in [-0.05, 0) is 29.8 Å². The Morgan fingerprint density at radius 3 is 2.92 bits per heavy atom. The minimum Gasteiger partial charge on any atom is -0.482 e. The van der Waals surface area contributed by atoms with E-state index in [1.54, 1.807) is 24.1 Å². The molecule has 2 aromatic rings. The molecule has 0 radical (unpaired) electrons. The summed E-state index contributed by atoms with van der Waals surface area (Å²) < 4.78 is 10.4. The fourth-order valence-corrected chi connectivity index (χ4v) is 2.69. The first-order valence-electron chi connectivity index (χ1n) is 8.07. The molecule has 25 heavy (non-hydrogen) atoms. The highest BCUT2D eigenvalue weighted by Gasteiger charge is 2.25. The molecule has 0 saturated heterocycles. The topological polar surface area (TPSA) is 67.9 Å². The van der Waals surface area contributed by atoms with Crippen molar-refractivity contribution in [3.63, 3.8) is 0 Å². The number of para-hydroxylation sites is 2. The average Bonchev–Trinajstić information content (AvgIpc) is 2.64. The second-order valence-corrected chi connectivity index (χ2v) is 5.69. The lowest BCUT2D eigenvalue weighted by atomic mass is 10.1. The molecule has 0 bridgehead atoms.